The van der Waals surface area contributed by atoms with Gasteiger partial charge in [-0.25, -0.2) is 0 Å². The molecule has 0 atom stereocenters. The molecule has 0 unspecified atom stereocenters. The molecule has 2 N–H and O–H groups in total. The molecule has 26 heavy (non-hydrogen) atoms. The van der Waals surface area contributed by atoms with E-state index in [0.717, 1.165) is 17.7 Å². The fraction of sp³-hybridized carbons (Fsp3) is 0.278. The Morgan fingerprint density at radius 2 is 1.88 bits per heavy atom. The summed E-state index contributed by atoms with van der Waals surface area (Å²) in [7, 11) is 1.50. The fourth-order valence-corrected chi connectivity index (χ4v) is 2.56. The van der Waals surface area contributed by atoms with Crippen LogP contribution in [0.1, 0.15) is 23.0 Å². The Hall–Kier alpha value is -2.61. The van der Waals surface area contributed by atoms with Crippen molar-refractivity contribution in [1.29, 1.82) is 0 Å². The summed E-state index contributed by atoms with van der Waals surface area (Å²) in [5.41, 5.74) is 1.75. The quantitative estimate of drug-likeness (QED) is 0.717. The van der Waals surface area contributed by atoms with Gasteiger partial charge in [0, 0.05) is 12.7 Å². The van der Waals surface area contributed by atoms with Crippen molar-refractivity contribution in [2.75, 3.05) is 25.5 Å². The highest BCUT2D eigenvalue weighted by Gasteiger charge is 2.16. The molecule has 0 bridgehead atoms. The van der Waals surface area contributed by atoms with Gasteiger partial charge in [0.1, 0.15) is 0 Å². The molecule has 0 aliphatic heterocycles. The van der Waals surface area contributed by atoms with E-state index in [0.29, 0.717) is 4.67 Å². The molecule has 0 aliphatic rings. The second kappa shape index (κ2) is 9.19. The molecule has 1 aromatic carbocycles. The molecule has 3 amide bonds. The lowest BCUT2D eigenvalue weighted by molar-refractivity contribution is -0.132. The number of hydrogen-bond acceptors (Lipinski definition) is 4. The van der Waals surface area contributed by atoms with E-state index in [4.69, 9.17) is 4.42 Å². The summed E-state index contributed by atoms with van der Waals surface area (Å²) >= 11 is 3.10. The smallest absolute Gasteiger partial charge is 0.287 e. The Kier molecular flexibility index (Phi) is 6.97. The Morgan fingerprint density at radius 3 is 2.54 bits per heavy atom. The number of likely N-dealkylation sites (N-methyl/N-ethyl adjacent to an activating group) is 1. The second-order valence-electron chi connectivity index (χ2n) is 5.60. The lowest BCUT2D eigenvalue weighted by atomic mass is 10.1. The lowest BCUT2D eigenvalue weighted by Gasteiger charge is -2.17. The van der Waals surface area contributed by atoms with Gasteiger partial charge >= 0.3 is 0 Å². The van der Waals surface area contributed by atoms with Gasteiger partial charge in [-0.1, -0.05) is 25.1 Å². The predicted octanol–water partition coefficient (Wildman–Crippen LogP) is 2.43. The maximum Gasteiger partial charge on any atom is 0.287 e. The van der Waals surface area contributed by atoms with E-state index >= 15 is 0 Å². The zero-order valence-corrected chi connectivity index (χ0v) is 16.1. The highest BCUT2D eigenvalue weighted by Crippen LogP contribution is 2.15. The van der Waals surface area contributed by atoms with Gasteiger partial charge in [0.15, 0.2) is 10.4 Å². The van der Waals surface area contributed by atoms with Crippen LogP contribution in [0.15, 0.2) is 45.5 Å². The molecule has 0 fully saturated rings. The average Bonchev–Trinajstić information content (AvgIpc) is 3.06. The normalized spacial score (nSPS) is 10.3. The summed E-state index contributed by atoms with van der Waals surface area (Å²) in [6.07, 6.45) is 0.792. The van der Waals surface area contributed by atoms with Crippen LogP contribution in [0.2, 0.25) is 0 Å². The van der Waals surface area contributed by atoms with Crippen molar-refractivity contribution in [3.05, 3.63) is 52.4 Å². The number of aryl methyl sites for hydroxylation is 1. The van der Waals surface area contributed by atoms with Gasteiger partial charge in [-0.15, -0.1) is 0 Å². The molecule has 1 aromatic heterocycles. The molecule has 2 rings (SSSR count). The first-order chi connectivity index (χ1) is 12.4. The topological polar surface area (TPSA) is 91.7 Å². The number of amides is 3. The number of nitrogens with zero attached hydrogens (tertiary/aromatic N) is 1. The van der Waals surface area contributed by atoms with E-state index in [9.17, 15) is 14.4 Å². The van der Waals surface area contributed by atoms with E-state index in [1.54, 1.807) is 6.07 Å². The average molecular weight is 422 g/mol. The standard InChI is InChI=1S/C18H20BrN3O4/c1-3-12-6-4-5-7-13(12)21-16(23)11-22(2)17(24)10-20-18(25)14-8-9-15(19)26-14/h4-9H,3,10-11H2,1-2H3,(H,20,25)(H,21,23). The molecule has 8 heteroatoms. The molecular weight excluding hydrogens is 402 g/mol. The Balaban J connectivity index is 1.82. The third-order valence-electron chi connectivity index (χ3n) is 3.68. The molecular formula is C18H20BrN3O4. The van der Waals surface area contributed by atoms with E-state index in [2.05, 4.69) is 26.6 Å². The maximum atomic E-state index is 12.1. The van der Waals surface area contributed by atoms with Gasteiger partial charge in [-0.05, 0) is 46.1 Å². The zero-order chi connectivity index (χ0) is 19.1. The molecule has 0 saturated heterocycles. The van der Waals surface area contributed by atoms with Crippen molar-refractivity contribution in [1.82, 2.24) is 10.2 Å². The molecule has 0 radical (unpaired) electrons. The third-order valence-corrected chi connectivity index (χ3v) is 4.10. The van der Waals surface area contributed by atoms with Crippen LogP contribution >= 0.6 is 15.9 Å². The van der Waals surface area contributed by atoms with E-state index in [1.165, 1.54) is 18.0 Å². The van der Waals surface area contributed by atoms with Crippen LogP contribution in [-0.4, -0.2) is 42.8 Å². The van der Waals surface area contributed by atoms with Crippen LogP contribution in [0.25, 0.3) is 0 Å². The number of carbonyl (C=O) groups excluding carboxylic acids is 3. The highest BCUT2D eigenvalue weighted by atomic mass is 79.9. The van der Waals surface area contributed by atoms with E-state index < -0.39 is 5.91 Å². The van der Waals surface area contributed by atoms with Gasteiger partial charge in [-0.3, -0.25) is 14.4 Å². The predicted molar refractivity (Wildman–Crippen MR) is 101 cm³/mol. The highest BCUT2D eigenvalue weighted by molar-refractivity contribution is 9.10. The monoisotopic (exact) mass is 421 g/mol. The SMILES string of the molecule is CCc1ccccc1NC(=O)CN(C)C(=O)CNC(=O)c1ccc(Br)o1. The first-order valence-electron chi connectivity index (χ1n) is 8.06. The van der Waals surface area contributed by atoms with Crippen LogP contribution < -0.4 is 10.6 Å². The van der Waals surface area contributed by atoms with Crippen molar-refractivity contribution in [3.63, 3.8) is 0 Å². The first kappa shape index (κ1) is 19.7. The van der Waals surface area contributed by atoms with Crippen molar-refractivity contribution >= 4 is 39.3 Å². The largest absolute Gasteiger partial charge is 0.444 e. The van der Waals surface area contributed by atoms with Crippen LogP contribution in [0, 0.1) is 0 Å². The first-order valence-corrected chi connectivity index (χ1v) is 8.85. The Labute approximate surface area is 159 Å². The summed E-state index contributed by atoms with van der Waals surface area (Å²) in [5, 5.41) is 5.26. The molecule has 0 spiro atoms. The van der Waals surface area contributed by atoms with Crippen molar-refractivity contribution in [3.8, 4) is 0 Å². The van der Waals surface area contributed by atoms with Crippen molar-refractivity contribution < 1.29 is 18.8 Å². The van der Waals surface area contributed by atoms with Crippen LogP contribution in [0.5, 0.6) is 0 Å². The number of carbonyl (C=O) groups is 3. The number of rotatable bonds is 7. The summed E-state index contributed by atoms with van der Waals surface area (Å²) in [6, 6.07) is 10.6. The van der Waals surface area contributed by atoms with Gasteiger partial charge in [0.25, 0.3) is 5.91 Å². The maximum absolute atomic E-state index is 12.1. The van der Waals surface area contributed by atoms with Gasteiger partial charge in [0.05, 0.1) is 13.1 Å². The molecule has 0 saturated carbocycles. The van der Waals surface area contributed by atoms with E-state index in [-0.39, 0.29) is 30.7 Å². The minimum atomic E-state index is -0.501. The van der Waals surface area contributed by atoms with Crippen LogP contribution in [0.4, 0.5) is 5.69 Å². The van der Waals surface area contributed by atoms with Crippen molar-refractivity contribution in [2.45, 2.75) is 13.3 Å². The second-order valence-corrected chi connectivity index (χ2v) is 6.38. The molecule has 7 nitrogen and oxygen atoms in total. The van der Waals surface area contributed by atoms with Gasteiger partial charge in [-0.2, -0.15) is 0 Å². The number of furan rings is 1. The summed E-state index contributed by atoms with van der Waals surface area (Å²) in [6.45, 7) is 1.66. The molecule has 2 aromatic rings. The van der Waals surface area contributed by atoms with Crippen LogP contribution in [-0.2, 0) is 16.0 Å². The summed E-state index contributed by atoms with van der Waals surface area (Å²) in [5.74, 6) is -1.09. The molecule has 0 aliphatic carbocycles. The number of para-hydroxylation sites is 1. The van der Waals surface area contributed by atoms with E-state index in [1.807, 2.05) is 31.2 Å². The molecule has 138 valence electrons. The summed E-state index contributed by atoms with van der Waals surface area (Å²) in [4.78, 5) is 37.3. The van der Waals surface area contributed by atoms with Crippen molar-refractivity contribution in [2.24, 2.45) is 0 Å². The Bertz CT molecular complexity index is 803. The fourth-order valence-electron chi connectivity index (χ4n) is 2.26. The number of halogens is 1. The minimum Gasteiger partial charge on any atom is -0.444 e. The Morgan fingerprint density at radius 1 is 1.15 bits per heavy atom. The number of benzene rings is 1. The summed E-state index contributed by atoms with van der Waals surface area (Å²) < 4.78 is 5.53. The lowest BCUT2D eigenvalue weighted by Crippen LogP contribution is -2.41. The third kappa shape index (κ3) is 5.45. The van der Waals surface area contributed by atoms with Crippen LogP contribution in [0.3, 0.4) is 0 Å². The van der Waals surface area contributed by atoms with Gasteiger partial charge in [0.2, 0.25) is 11.8 Å². The number of hydrogen-bond donors (Lipinski definition) is 2. The zero-order valence-electron chi connectivity index (χ0n) is 14.5. The minimum absolute atomic E-state index is 0.0984. The number of nitrogens with one attached hydrogen (secondary N) is 2. The number of anilines is 1. The molecule has 1 heterocycles. The van der Waals surface area contributed by atoms with Gasteiger partial charge < -0.3 is 20.0 Å².